The first kappa shape index (κ1) is 23.8. The average Bonchev–Trinajstić information content (AvgIpc) is 2.72. The number of pyridine rings is 1. The Morgan fingerprint density at radius 1 is 1.09 bits per heavy atom. The summed E-state index contributed by atoms with van der Waals surface area (Å²) in [6.07, 6.45) is 5.55. The number of piperidine rings is 1. The van der Waals surface area contributed by atoms with Crippen LogP contribution in [-0.2, 0) is 22.6 Å². The van der Waals surface area contributed by atoms with Gasteiger partial charge in [-0.15, -0.1) is 0 Å². The van der Waals surface area contributed by atoms with E-state index in [1.54, 1.807) is 28.7 Å². The summed E-state index contributed by atoms with van der Waals surface area (Å²) in [7, 11) is 1.65. The molecule has 3 rings (SSSR count). The molecule has 6 nitrogen and oxygen atoms in total. The maximum absolute atomic E-state index is 12.3. The fourth-order valence-electron chi connectivity index (χ4n) is 3.82. The van der Waals surface area contributed by atoms with Gasteiger partial charge in [0, 0.05) is 32.5 Å². The van der Waals surface area contributed by atoms with Crippen LogP contribution in [0.2, 0.25) is 0 Å². The highest BCUT2D eigenvalue weighted by Gasteiger charge is 2.24. The van der Waals surface area contributed by atoms with Gasteiger partial charge < -0.3 is 18.9 Å². The smallest absolute Gasteiger partial charge is 0.410 e. The van der Waals surface area contributed by atoms with E-state index in [9.17, 15) is 9.59 Å². The molecule has 1 aromatic heterocycles. The summed E-state index contributed by atoms with van der Waals surface area (Å²) in [6, 6.07) is 9.71. The van der Waals surface area contributed by atoms with E-state index in [2.05, 4.69) is 31.2 Å². The van der Waals surface area contributed by atoms with Gasteiger partial charge in [0.1, 0.15) is 5.60 Å². The van der Waals surface area contributed by atoms with Crippen molar-refractivity contribution in [1.29, 1.82) is 0 Å². The van der Waals surface area contributed by atoms with Crippen molar-refractivity contribution in [2.24, 2.45) is 0 Å². The Hall–Kier alpha value is -2.86. The summed E-state index contributed by atoms with van der Waals surface area (Å²) in [4.78, 5) is 26.3. The Labute approximate surface area is 190 Å². The highest BCUT2D eigenvalue weighted by molar-refractivity contribution is 5.68. The quantitative estimate of drug-likeness (QED) is 0.675. The number of benzene rings is 1. The first-order chi connectivity index (χ1) is 15.1. The van der Waals surface area contributed by atoms with E-state index >= 15 is 0 Å². The molecule has 6 heteroatoms. The van der Waals surface area contributed by atoms with Crippen molar-refractivity contribution in [3.63, 3.8) is 0 Å². The molecule has 1 aliphatic rings. The fraction of sp³-hybridized carbons (Fsp3) is 0.462. The molecule has 172 valence electrons. The van der Waals surface area contributed by atoms with Crippen LogP contribution in [0.15, 0.2) is 46.9 Å². The summed E-state index contributed by atoms with van der Waals surface area (Å²) in [5.74, 6) is 0. The summed E-state index contributed by atoms with van der Waals surface area (Å²) in [6.45, 7) is 10.1. The Balaban J connectivity index is 1.65. The third-order valence-corrected chi connectivity index (χ3v) is 5.46. The number of rotatable bonds is 5. The zero-order valence-corrected chi connectivity index (χ0v) is 19.8. The first-order valence-electron chi connectivity index (χ1n) is 11.1. The largest absolute Gasteiger partial charge is 0.444 e. The molecule has 0 bridgehead atoms. The van der Waals surface area contributed by atoms with E-state index in [0.717, 1.165) is 24.0 Å². The molecule has 0 spiro atoms. The van der Waals surface area contributed by atoms with E-state index < -0.39 is 5.60 Å². The number of aromatic nitrogens is 1. The van der Waals surface area contributed by atoms with E-state index in [1.165, 1.54) is 16.7 Å². The lowest BCUT2D eigenvalue weighted by Crippen LogP contribution is -2.40. The number of carbonyl (C=O) groups is 1. The average molecular weight is 439 g/mol. The van der Waals surface area contributed by atoms with Gasteiger partial charge in [0.25, 0.3) is 5.56 Å². The Kier molecular flexibility index (Phi) is 7.56. The minimum absolute atomic E-state index is 0.0227. The second-order valence-corrected chi connectivity index (χ2v) is 9.40. The summed E-state index contributed by atoms with van der Waals surface area (Å²) in [5.41, 5.74) is 5.25. The maximum Gasteiger partial charge on any atom is 0.410 e. The van der Waals surface area contributed by atoms with Crippen LogP contribution >= 0.6 is 0 Å². The van der Waals surface area contributed by atoms with E-state index in [1.807, 2.05) is 27.0 Å². The molecule has 1 aromatic carbocycles. The van der Waals surface area contributed by atoms with Crippen molar-refractivity contribution in [2.75, 3.05) is 20.2 Å². The van der Waals surface area contributed by atoms with Gasteiger partial charge in [-0.3, -0.25) is 4.79 Å². The third kappa shape index (κ3) is 6.57. The summed E-state index contributed by atoms with van der Waals surface area (Å²) in [5, 5.41) is 0. The minimum Gasteiger partial charge on any atom is -0.444 e. The van der Waals surface area contributed by atoms with E-state index in [-0.39, 0.29) is 11.7 Å². The molecular weight excluding hydrogens is 404 g/mol. The molecule has 1 amide bonds. The van der Waals surface area contributed by atoms with Crippen LogP contribution in [-0.4, -0.2) is 41.4 Å². The van der Waals surface area contributed by atoms with Gasteiger partial charge in [-0.2, -0.15) is 0 Å². The van der Waals surface area contributed by atoms with Crippen LogP contribution < -0.4 is 5.56 Å². The van der Waals surface area contributed by atoms with Gasteiger partial charge in [0.15, 0.2) is 0 Å². The molecule has 0 N–H and O–H groups in total. The number of likely N-dealkylation sites (tertiary alicyclic amines) is 1. The van der Waals surface area contributed by atoms with Crippen molar-refractivity contribution in [1.82, 2.24) is 9.47 Å². The molecule has 32 heavy (non-hydrogen) atoms. The molecule has 0 atom stereocenters. The lowest BCUT2D eigenvalue weighted by molar-refractivity contribution is 0.0237. The number of aryl methyl sites for hydroxylation is 1. The van der Waals surface area contributed by atoms with Crippen molar-refractivity contribution in [3.8, 4) is 0 Å². The molecule has 1 aliphatic heterocycles. The van der Waals surface area contributed by atoms with Crippen molar-refractivity contribution >= 4 is 12.2 Å². The predicted octanol–water partition coefficient (Wildman–Crippen LogP) is 4.77. The molecule has 1 fully saturated rings. The van der Waals surface area contributed by atoms with Crippen molar-refractivity contribution in [3.05, 3.63) is 74.7 Å². The van der Waals surface area contributed by atoms with Gasteiger partial charge in [0.05, 0.1) is 13.2 Å². The van der Waals surface area contributed by atoms with Gasteiger partial charge >= 0.3 is 6.09 Å². The molecule has 0 unspecified atom stereocenters. The highest BCUT2D eigenvalue weighted by Crippen LogP contribution is 2.23. The van der Waals surface area contributed by atoms with Crippen LogP contribution in [0.25, 0.3) is 6.08 Å². The van der Waals surface area contributed by atoms with E-state index in [0.29, 0.717) is 26.2 Å². The van der Waals surface area contributed by atoms with Gasteiger partial charge in [0.2, 0.25) is 0 Å². The van der Waals surface area contributed by atoms with Crippen LogP contribution in [0, 0.1) is 6.92 Å². The van der Waals surface area contributed by atoms with Crippen molar-refractivity contribution in [2.45, 2.75) is 59.3 Å². The second-order valence-electron chi connectivity index (χ2n) is 9.40. The minimum atomic E-state index is -0.470. The summed E-state index contributed by atoms with van der Waals surface area (Å²) < 4.78 is 12.4. The zero-order valence-electron chi connectivity index (χ0n) is 19.8. The molecule has 0 aliphatic carbocycles. The topological polar surface area (TPSA) is 60.8 Å². The predicted molar refractivity (Wildman–Crippen MR) is 127 cm³/mol. The van der Waals surface area contributed by atoms with Crippen LogP contribution in [0.1, 0.15) is 55.9 Å². The lowest BCUT2D eigenvalue weighted by atomic mass is 9.98. The second kappa shape index (κ2) is 10.2. The SMILES string of the molecule is COCc1ccc(=O)n(Cc2ccc(C=C3CCN(C(=O)OC(C)(C)C)CC3)c(C)c2)c1. The Bertz CT molecular complexity index is 1040. The van der Waals surface area contributed by atoms with Gasteiger partial charge in [-0.05, 0) is 68.9 Å². The highest BCUT2D eigenvalue weighted by atomic mass is 16.6. The lowest BCUT2D eigenvalue weighted by Gasteiger charge is -2.31. The van der Waals surface area contributed by atoms with Crippen LogP contribution in [0.5, 0.6) is 0 Å². The van der Waals surface area contributed by atoms with Crippen LogP contribution in [0.4, 0.5) is 4.79 Å². The van der Waals surface area contributed by atoms with Gasteiger partial charge in [-0.1, -0.05) is 29.8 Å². The van der Waals surface area contributed by atoms with Crippen LogP contribution in [0.3, 0.4) is 0 Å². The fourth-order valence-corrected chi connectivity index (χ4v) is 3.82. The van der Waals surface area contributed by atoms with Gasteiger partial charge in [-0.25, -0.2) is 4.79 Å². The first-order valence-corrected chi connectivity index (χ1v) is 11.1. The normalized spacial score (nSPS) is 14.4. The molecule has 0 radical (unpaired) electrons. The standard InChI is InChI=1S/C26H34N2O4/c1-19-14-21(16-28-17-22(18-31-5)7-9-24(28)29)6-8-23(19)15-20-10-12-27(13-11-20)25(30)32-26(2,3)4/h6-9,14-15,17H,10-13,16,18H2,1-5H3. The monoisotopic (exact) mass is 438 g/mol. The molecule has 2 aromatic rings. The summed E-state index contributed by atoms with van der Waals surface area (Å²) >= 11 is 0. The Morgan fingerprint density at radius 3 is 2.41 bits per heavy atom. The number of nitrogens with zero attached hydrogens (tertiary/aromatic N) is 2. The van der Waals surface area contributed by atoms with E-state index in [4.69, 9.17) is 9.47 Å². The zero-order chi connectivity index (χ0) is 23.3. The molecule has 2 heterocycles. The maximum atomic E-state index is 12.3. The molecular formula is C26H34N2O4. The molecule has 0 saturated carbocycles. The number of hydrogen-bond acceptors (Lipinski definition) is 4. The number of hydrogen-bond donors (Lipinski definition) is 0. The Morgan fingerprint density at radius 2 is 1.78 bits per heavy atom. The van der Waals surface area contributed by atoms with Crippen molar-refractivity contribution < 1.29 is 14.3 Å². The number of methoxy groups -OCH3 is 1. The molecule has 1 saturated heterocycles. The number of ether oxygens (including phenoxy) is 2. The number of carbonyl (C=O) groups excluding carboxylic acids is 1. The third-order valence-electron chi connectivity index (χ3n) is 5.46. The number of amides is 1.